The van der Waals surface area contributed by atoms with Crippen molar-refractivity contribution >= 4 is 0 Å². The molecule has 0 radical (unpaired) electrons. The first-order valence-electron chi connectivity index (χ1n) is 6.31. The summed E-state index contributed by atoms with van der Waals surface area (Å²) in [5.41, 5.74) is 4.28. The van der Waals surface area contributed by atoms with Gasteiger partial charge in [-0.3, -0.25) is 0 Å². The monoisotopic (exact) mass is 217 g/mol. The van der Waals surface area contributed by atoms with Crippen molar-refractivity contribution in [1.29, 1.82) is 0 Å². The first kappa shape index (κ1) is 10.2. The molecule has 2 heterocycles. The Hall–Kier alpha value is -1.02. The SMILES string of the molecule is Cc1cc2c(c(C3CCNCC3)c1)OCC2. The number of fused-ring (bicyclic) bond motifs is 1. The maximum absolute atomic E-state index is 5.82. The fourth-order valence-corrected chi connectivity index (χ4v) is 2.94. The maximum atomic E-state index is 5.82. The average Bonchev–Trinajstić information content (AvgIpc) is 2.77. The highest BCUT2D eigenvalue weighted by Gasteiger charge is 2.24. The van der Waals surface area contributed by atoms with Crippen LogP contribution in [0.2, 0.25) is 0 Å². The summed E-state index contributed by atoms with van der Waals surface area (Å²) in [6, 6.07) is 4.62. The molecule has 2 heteroatoms. The van der Waals surface area contributed by atoms with E-state index in [2.05, 4.69) is 24.4 Å². The summed E-state index contributed by atoms with van der Waals surface area (Å²) < 4.78 is 5.82. The van der Waals surface area contributed by atoms with Crippen molar-refractivity contribution in [3.05, 3.63) is 28.8 Å². The van der Waals surface area contributed by atoms with Gasteiger partial charge in [0.05, 0.1) is 6.61 Å². The molecule has 0 amide bonds. The number of ether oxygens (including phenoxy) is 1. The quantitative estimate of drug-likeness (QED) is 0.780. The Bertz CT molecular complexity index is 394. The van der Waals surface area contributed by atoms with E-state index in [0.29, 0.717) is 5.92 Å². The lowest BCUT2D eigenvalue weighted by Crippen LogP contribution is -2.26. The molecular weight excluding hydrogens is 198 g/mol. The first-order valence-corrected chi connectivity index (χ1v) is 6.31. The molecule has 1 N–H and O–H groups in total. The number of piperidine rings is 1. The molecule has 1 aromatic carbocycles. The Balaban J connectivity index is 1.99. The van der Waals surface area contributed by atoms with Gasteiger partial charge in [0, 0.05) is 6.42 Å². The van der Waals surface area contributed by atoms with Crippen molar-refractivity contribution in [2.75, 3.05) is 19.7 Å². The van der Waals surface area contributed by atoms with Gasteiger partial charge < -0.3 is 10.1 Å². The van der Waals surface area contributed by atoms with Crippen LogP contribution in [0.4, 0.5) is 0 Å². The minimum Gasteiger partial charge on any atom is -0.493 e. The Morgan fingerprint density at radius 3 is 2.88 bits per heavy atom. The molecule has 0 atom stereocenters. The molecule has 3 rings (SSSR count). The van der Waals surface area contributed by atoms with Crippen molar-refractivity contribution in [3.8, 4) is 5.75 Å². The highest BCUT2D eigenvalue weighted by Crippen LogP contribution is 2.38. The number of nitrogens with one attached hydrogen (secondary N) is 1. The Morgan fingerprint density at radius 1 is 1.25 bits per heavy atom. The second-order valence-electron chi connectivity index (χ2n) is 4.97. The van der Waals surface area contributed by atoms with Crippen molar-refractivity contribution < 1.29 is 4.74 Å². The zero-order valence-corrected chi connectivity index (χ0v) is 9.88. The van der Waals surface area contributed by atoms with Crippen LogP contribution in [-0.4, -0.2) is 19.7 Å². The van der Waals surface area contributed by atoms with E-state index in [9.17, 15) is 0 Å². The lowest BCUT2D eigenvalue weighted by Gasteiger charge is -2.24. The smallest absolute Gasteiger partial charge is 0.126 e. The highest BCUT2D eigenvalue weighted by molar-refractivity contribution is 5.48. The van der Waals surface area contributed by atoms with E-state index in [4.69, 9.17) is 4.74 Å². The fourth-order valence-electron chi connectivity index (χ4n) is 2.94. The molecule has 1 aromatic rings. The van der Waals surface area contributed by atoms with Gasteiger partial charge in [0.25, 0.3) is 0 Å². The van der Waals surface area contributed by atoms with Gasteiger partial charge in [-0.05, 0) is 49.9 Å². The molecule has 0 aromatic heterocycles. The van der Waals surface area contributed by atoms with Crippen molar-refractivity contribution in [1.82, 2.24) is 5.32 Å². The minimum absolute atomic E-state index is 0.702. The number of hydrogen-bond donors (Lipinski definition) is 1. The number of benzene rings is 1. The van der Waals surface area contributed by atoms with Gasteiger partial charge in [-0.2, -0.15) is 0 Å². The highest BCUT2D eigenvalue weighted by atomic mass is 16.5. The third-order valence-electron chi connectivity index (χ3n) is 3.74. The summed E-state index contributed by atoms with van der Waals surface area (Å²) in [5.74, 6) is 1.91. The van der Waals surface area contributed by atoms with E-state index in [1.54, 1.807) is 0 Å². The first-order chi connectivity index (χ1) is 7.84. The predicted molar refractivity (Wildman–Crippen MR) is 65.2 cm³/mol. The molecule has 0 unspecified atom stereocenters. The zero-order valence-electron chi connectivity index (χ0n) is 9.88. The summed E-state index contributed by atoms with van der Waals surface area (Å²) in [5, 5.41) is 3.43. The van der Waals surface area contributed by atoms with E-state index >= 15 is 0 Å². The predicted octanol–water partition coefficient (Wildman–Crippen LogP) is 2.40. The molecule has 2 aliphatic rings. The topological polar surface area (TPSA) is 21.3 Å². The number of hydrogen-bond acceptors (Lipinski definition) is 2. The largest absolute Gasteiger partial charge is 0.493 e. The molecule has 1 saturated heterocycles. The Kier molecular flexibility index (Phi) is 2.60. The van der Waals surface area contributed by atoms with Gasteiger partial charge in [-0.15, -0.1) is 0 Å². The summed E-state index contributed by atoms with van der Waals surface area (Å²) in [4.78, 5) is 0. The molecule has 1 fully saturated rings. The van der Waals surface area contributed by atoms with E-state index in [0.717, 1.165) is 26.1 Å². The minimum atomic E-state index is 0.702. The van der Waals surface area contributed by atoms with Crippen LogP contribution in [0.1, 0.15) is 35.4 Å². The van der Waals surface area contributed by atoms with E-state index < -0.39 is 0 Å². The zero-order chi connectivity index (χ0) is 11.0. The van der Waals surface area contributed by atoms with Crippen molar-refractivity contribution in [2.45, 2.75) is 32.1 Å². The average molecular weight is 217 g/mol. The molecule has 86 valence electrons. The third-order valence-corrected chi connectivity index (χ3v) is 3.74. The van der Waals surface area contributed by atoms with Crippen LogP contribution in [0.3, 0.4) is 0 Å². The van der Waals surface area contributed by atoms with Crippen LogP contribution < -0.4 is 10.1 Å². The van der Waals surface area contributed by atoms with Gasteiger partial charge in [-0.25, -0.2) is 0 Å². The van der Waals surface area contributed by atoms with Gasteiger partial charge in [0.15, 0.2) is 0 Å². The standard InChI is InChI=1S/C14H19NO/c1-10-8-12-4-7-16-14(12)13(9-10)11-2-5-15-6-3-11/h8-9,11,15H,2-7H2,1H3. The van der Waals surface area contributed by atoms with Crippen molar-refractivity contribution in [3.63, 3.8) is 0 Å². The van der Waals surface area contributed by atoms with Crippen molar-refractivity contribution in [2.24, 2.45) is 0 Å². The van der Waals surface area contributed by atoms with Crippen LogP contribution in [0, 0.1) is 6.92 Å². The second-order valence-corrected chi connectivity index (χ2v) is 4.97. The lowest BCUT2D eigenvalue weighted by atomic mass is 9.87. The molecule has 2 aliphatic heterocycles. The van der Waals surface area contributed by atoms with E-state index in [1.807, 2.05) is 0 Å². The third kappa shape index (κ3) is 1.71. The molecule has 16 heavy (non-hydrogen) atoms. The van der Waals surface area contributed by atoms with Crippen LogP contribution >= 0.6 is 0 Å². The molecule has 0 aliphatic carbocycles. The molecular formula is C14H19NO. The maximum Gasteiger partial charge on any atom is 0.126 e. The molecule has 2 nitrogen and oxygen atoms in total. The van der Waals surface area contributed by atoms with Gasteiger partial charge in [0.1, 0.15) is 5.75 Å². The van der Waals surface area contributed by atoms with Gasteiger partial charge in [-0.1, -0.05) is 17.7 Å². The Labute approximate surface area is 97.0 Å². The molecule has 0 saturated carbocycles. The van der Waals surface area contributed by atoms with E-state index in [1.165, 1.54) is 35.3 Å². The molecule has 0 bridgehead atoms. The summed E-state index contributed by atoms with van der Waals surface area (Å²) >= 11 is 0. The van der Waals surface area contributed by atoms with Crippen LogP contribution in [-0.2, 0) is 6.42 Å². The van der Waals surface area contributed by atoms with Crippen LogP contribution in [0.5, 0.6) is 5.75 Å². The summed E-state index contributed by atoms with van der Waals surface area (Å²) in [7, 11) is 0. The summed E-state index contributed by atoms with van der Waals surface area (Å²) in [6.45, 7) is 5.36. The fraction of sp³-hybridized carbons (Fsp3) is 0.571. The van der Waals surface area contributed by atoms with Crippen LogP contribution in [0.25, 0.3) is 0 Å². The molecule has 0 spiro atoms. The van der Waals surface area contributed by atoms with Crippen LogP contribution in [0.15, 0.2) is 12.1 Å². The number of aryl methyl sites for hydroxylation is 1. The summed E-state index contributed by atoms with van der Waals surface area (Å²) in [6.07, 6.45) is 3.59. The lowest BCUT2D eigenvalue weighted by molar-refractivity contribution is 0.346. The van der Waals surface area contributed by atoms with E-state index in [-0.39, 0.29) is 0 Å². The Morgan fingerprint density at radius 2 is 2.06 bits per heavy atom. The second kappa shape index (κ2) is 4.10. The van der Waals surface area contributed by atoms with Gasteiger partial charge >= 0.3 is 0 Å². The number of rotatable bonds is 1. The normalized spacial score (nSPS) is 20.6. The van der Waals surface area contributed by atoms with Gasteiger partial charge in [0.2, 0.25) is 0 Å².